The van der Waals surface area contributed by atoms with E-state index in [1.807, 2.05) is 0 Å². The zero-order valence-electron chi connectivity index (χ0n) is 20.9. The first-order chi connectivity index (χ1) is 19.7. The number of phenols is 3. The van der Waals surface area contributed by atoms with Gasteiger partial charge in [-0.2, -0.15) is 0 Å². The molecule has 2 aliphatic heterocycles. The number of pyridine rings is 1. The van der Waals surface area contributed by atoms with Gasteiger partial charge in [-0.15, -0.1) is 0 Å². The number of benzene rings is 3. The number of aromatic hydroxyl groups is 4. The molecular weight excluding hydrogens is 538 g/mol. The van der Waals surface area contributed by atoms with Crippen LogP contribution < -0.4 is 25.2 Å². The maximum atomic E-state index is 13.4. The molecule has 0 aliphatic carbocycles. The van der Waals surface area contributed by atoms with E-state index in [1.165, 1.54) is 6.07 Å². The van der Waals surface area contributed by atoms with Gasteiger partial charge in [0.1, 0.15) is 35.7 Å². The Bertz CT molecular complexity index is 2080. The number of aromatic nitrogens is 1. The van der Waals surface area contributed by atoms with Gasteiger partial charge < -0.3 is 44.0 Å². The largest absolute Gasteiger partial charge is 0.507 e. The predicted molar refractivity (Wildman–Crippen MR) is 142 cm³/mol. The first kappa shape index (κ1) is 24.4. The summed E-state index contributed by atoms with van der Waals surface area (Å²) in [6.07, 6.45) is -0.300. The van der Waals surface area contributed by atoms with Crippen molar-refractivity contribution in [3.05, 3.63) is 74.2 Å². The molecule has 1 unspecified atom stereocenters. The van der Waals surface area contributed by atoms with E-state index < -0.39 is 51.3 Å². The number of carbonyl (C=O) groups excluding carboxylic acids is 1. The Morgan fingerprint density at radius 1 is 0.805 bits per heavy atom. The molecule has 0 bridgehead atoms. The maximum Gasteiger partial charge on any atom is 0.312 e. The van der Waals surface area contributed by atoms with Gasteiger partial charge in [0.15, 0.2) is 28.8 Å². The van der Waals surface area contributed by atoms with Crippen molar-refractivity contribution < 1.29 is 43.8 Å². The van der Waals surface area contributed by atoms with Crippen LogP contribution in [-0.2, 0) is 4.79 Å². The Labute approximate surface area is 228 Å². The molecule has 12 heteroatoms. The van der Waals surface area contributed by atoms with Crippen LogP contribution in [0.5, 0.6) is 40.2 Å². The van der Waals surface area contributed by atoms with Crippen LogP contribution in [0.4, 0.5) is 0 Å². The SMILES string of the molecule is O=C1CC(c2cc3cc4c(cc3[nH]c2=O)OCCO4)c2c(cc(O)c3c(=O)c(O)c(-c4ccc(O)c(O)c4)oc23)O1. The highest BCUT2D eigenvalue weighted by Gasteiger charge is 2.36. The van der Waals surface area contributed by atoms with Crippen LogP contribution in [0.25, 0.3) is 33.2 Å². The van der Waals surface area contributed by atoms with Crippen LogP contribution in [0.15, 0.2) is 56.5 Å². The van der Waals surface area contributed by atoms with Crippen molar-refractivity contribution in [2.45, 2.75) is 12.3 Å². The topological polar surface area (TPSA) is 189 Å². The van der Waals surface area contributed by atoms with Crippen molar-refractivity contribution in [1.82, 2.24) is 4.98 Å². The molecule has 0 saturated heterocycles. The van der Waals surface area contributed by atoms with Crippen LogP contribution in [0.3, 0.4) is 0 Å². The minimum atomic E-state index is -0.999. The summed E-state index contributed by atoms with van der Waals surface area (Å²) in [6.45, 7) is 0.729. The lowest BCUT2D eigenvalue weighted by atomic mass is 9.85. The second-order valence-corrected chi connectivity index (χ2v) is 9.69. The molecule has 5 N–H and O–H groups in total. The number of fused-ring (bicyclic) bond motifs is 5. The number of hydrogen-bond donors (Lipinski definition) is 5. The molecule has 7 rings (SSSR count). The minimum absolute atomic E-state index is 0.0359. The third-order valence-electron chi connectivity index (χ3n) is 7.21. The van der Waals surface area contributed by atoms with Gasteiger partial charge in [-0.05, 0) is 30.3 Å². The normalized spacial score (nSPS) is 16.0. The Hall–Kier alpha value is -5.65. The molecule has 2 aromatic heterocycles. The number of aromatic amines is 1. The van der Waals surface area contributed by atoms with Crippen LogP contribution in [0.1, 0.15) is 23.5 Å². The van der Waals surface area contributed by atoms with Gasteiger partial charge in [-0.3, -0.25) is 14.4 Å². The molecule has 0 radical (unpaired) electrons. The lowest BCUT2D eigenvalue weighted by molar-refractivity contribution is -0.135. The van der Waals surface area contributed by atoms with E-state index >= 15 is 0 Å². The number of nitrogens with one attached hydrogen (secondary N) is 1. The number of hydrogen-bond acceptors (Lipinski definition) is 11. The summed E-state index contributed by atoms with van der Waals surface area (Å²) in [5, 5.41) is 41.3. The molecule has 4 heterocycles. The van der Waals surface area contributed by atoms with Crippen LogP contribution >= 0.6 is 0 Å². The van der Waals surface area contributed by atoms with Crippen molar-refractivity contribution in [1.29, 1.82) is 0 Å². The molecule has 0 spiro atoms. The second-order valence-electron chi connectivity index (χ2n) is 9.69. The Morgan fingerprint density at radius 3 is 2.32 bits per heavy atom. The van der Waals surface area contributed by atoms with Crippen molar-refractivity contribution >= 4 is 27.8 Å². The van der Waals surface area contributed by atoms with E-state index in [0.717, 1.165) is 18.2 Å². The number of H-pyrrole nitrogens is 1. The number of phenolic OH excluding ortho intramolecular Hbond substituents is 3. The third kappa shape index (κ3) is 3.72. The fourth-order valence-electron chi connectivity index (χ4n) is 5.33. The van der Waals surface area contributed by atoms with Crippen LogP contribution in [-0.4, -0.2) is 44.6 Å². The highest BCUT2D eigenvalue weighted by molar-refractivity contribution is 5.94. The maximum absolute atomic E-state index is 13.4. The van der Waals surface area contributed by atoms with Gasteiger partial charge >= 0.3 is 5.97 Å². The van der Waals surface area contributed by atoms with Gasteiger partial charge in [0.2, 0.25) is 11.2 Å². The molecule has 0 amide bonds. The zero-order valence-corrected chi connectivity index (χ0v) is 20.9. The van der Waals surface area contributed by atoms with Crippen molar-refractivity contribution in [2.24, 2.45) is 0 Å². The molecule has 2 aliphatic rings. The lowest BCUT2D eigenvalue weighted by Crippen LogP contribution is -2.26. The summed E-state index contributed by atoms with van der Waals surface area (Å²) in [5.41, 5.74) is -0.965. The third-order valence-corrected chi connectivity index (χ3v) is 7.21. The average molecular weight is 557 g/mol. The number of esters is 1. The quantitative estimate of drug-likeness (QED) is 0.122. The minimum Gasteiger partial charge on any atom is -0.507 e. The van der Waals surface area contributed by atoms with E-state index in [-0.39, 0.29) is 40.2 Å². The van der Waals surface area contributed by atoms with E-state index in [4.69, 9.17) is 18.6 Å². The Morgan fingerprint density at radius 2 is 1.56 bits per heavy atom. The van der Waals surface area contributed by atoms with Crippen LogP contribution in [0.2, 0.25) is 0 Å². The highest BCUT2D eigenvalue weighted by Crippen LogP contribution is 2.47. The summed E-state index contributed by atoms with van der Waals surface area (Å²) in [6, 6.07) is 9.51. The number of rotatable bonds is 2. The Balaban J connectivity index is 1.50. The highest BCUT2D eigenvalue weighted by atomic mass is 16.6. The molecule has 1 atom stereocenters. The molecule has 41 heavy (non-hydrogen) atoms. The van der Waals surface area contributed by atoms with E-state index in [2.05, 4.69) is 4.98 Å². The number of ether oxygens (including phenoxy) is 3. The molecule has 12 nitrogen and oxygen atoms in total. The molecular formula is C29H19NO11. The van der Waals surface area contributed by atoms with E-state index in [9.17, 15) is 34.8 Å². The predicted octanol–water partition coefficient (Wildman–Crippen LogP) is 3.34. The van der Waals surface area contributed by atoms with Gasteiger partial charge in [-0.25, -0.2) is 0 Å². The van der Waals surface area contributed by atoms with Crippen LogP contribution in [0, 0.1) is 0 Å². The van der Waals surface area contributed by atoms with E-state index in [1.54, 1.807) is 18.2 Å². The summed E-state index contributed by atoms with van der Waals surface area (Å²) in [5.74, 6) is -3.66. The van der Waals surface area contributed by atoms with Crippen molar-refractivity contribution in [3.8, 4) is 51.6 Å². The summed E-state index contributed by atoms with van der Waals surface area (Å²) in [7, 11) is 0. The fourth-order valence-corrected chi connectivity index (χ4v) is 5.33. The molecule has 0 saturated carbocycles. The smallest absolute Gasteiger partial charge is 0.312 e. The molecule has 0 fully saturated rings. The van der Waals surface area contributed by atoms with Crippen molar-refractivity contribution in [2.75, 3.05) is 13.2 Å². The lowest BCUT2D eigenvalue weighted by Gasteiger charge is -2.26. The number of carbonyl (C=O) groups is 1. The first-order valence-electron chi connectivity index (χ1n) is 12.4. The molecule has 5 aromatic rings. The van der Waals surface area contributed by atoms with Gasteiger partial charge in [0, 0.05) is 40.1 Å². The van der Waals surface area contributed by atoms with E-state index in [0.29, 0.717) is 35.6 Å². The van der Waals surface area contributed by atoms with Gasteiger partial charge in [0.05, 0.1) is 11.9 Å². The van der Waals surface area contributed by atoms with Crippen molar-refractivity contribution in [3.63, 3.8) is 0 Å². The fraction of sp³-hybridized carbons (Fsp3) is 0.138. The molecule has 3 aromatic carbocycles. The van der Waals surface area contributed by atoms with Gasteiger partial charge in [-0.1, -0.05) is 0 Å². The summed E-state index contributed by atoms with van der Waals surface area (Å²) >= 11 is 0. The summed E-state index contributed by atoms with van der Waals surface area (Å²) in [4.78, 5) is 42.1. The monoisotopic (exact) mass is 557 g/mol. The summed E-state index contributed by atoms with van der Waals surface area (Å²) < 4.78 is 22.6. The molecule has 206 valence electrons. The Kier molecular flexibility index (Phi) is 5.16. The average Bonchev–Trinajstić information content (AvgIpc) is 2.94. The zero-order chi connectivity index (χ0) is 28.6. The second kappa shape index (κ2) is 8.68. The standard InChI is InChI=1S/C29H19NO11/c31-16-2-1-11(6-17(16)32)27-26(36)25(35)24-18(33)10-21-23(28(24)41-27)13(8-22(34)40-21)14-5-12-7-19-20(39-4-3-38-19)9-15(12)30-29(14)37/h1-2,5-7,9-10,13,31-33,36H,3-4,8H2,(H,30,37). The van der Waals surface area contributed by atoms with Gasteiger partial charge in [0.25, 0.3) is 5.56 Å². The first-order valence-corrected chi connectivity index (χ1v) is 12.4.